The zero-order chi connectivity index (χ0) is 16.2. The van der Waals surface area contributed by atoms with Crippen LogP contribution in [0.3, 0.4) is 0 Å². The van der Waals surface area contributed by atoms with E-state index in [1.807, 2.05) is 10.8 Å². The average Bonchev–Trinajstić information content (AvgIpc) is 2.87. The SMILES string of the molecule is CS(=O)(=O)NCC(=O)N1CCCN(C(=O)c2ccsc2)CC1. The largest absolute Gasteiger partial charge is 0.340 e. The minimum absolute atomic E-state index is 0.0233. The van der Waals surface area contributed by atoms with Crippen molar-refractivity contribution in [3.05, 3.63) is 22.4 Å². The van der Waals surface area contributed by atoms with Crippen molar-refractivity contribution in [1.29, 1.82) is 0 Å². The maximum Gasteiger partial charge on any atom is 0.254 e. The summed E-state index contributed by atoms with van der Waals surface area (Å²) in [6.45, 7) is 1.76. The Hall–Kier alpha value is -1.45. The van der Waals surface area contributed by atoms with Gasteiger partial charge in [0.05, 0.1) is 18.4 Å². The van der Waals surface area contributed by atoms with Crippen LogP contribution in [0.1, 0.15) is 16.8 Å². The van der Waals surface area contributed by atoms with Gasteiger partial charge in [0.2, 0.25) is 15.9 Å². The summed E-state index contributed by atoms with van der Waals surface area (Å²) < 4.78 is 24.2. The number of hydrogen-bond donors (Lipinski definition) is 1. The quantitative estimate of drug-likeness (QED) is 0.830. The first-order chi connectivity index (χ1) is 10.4. The van der Waals surface area contributed by atoms with E-state index in [4.69, 9.17) is 0 Å². The third kappa shape index (κ3) is 4.79. The molecule has 0 radical (unpaired) electrons. The summed E-state index contributed by atoms with van der Waals surface area (Å²) in [6.07, 6.45) is 1.70. The predicted octanol–water partition coefficient (Wildman–Crippen LogP) is -0.0282. The monoisotopic (exact) mass is 345 g/mol. The van der Waals surface area contributed by atoms with Crippen LogP contribution in [0.25, 0.3) is 0 Å². The Bertz CT molecular complexity index is 628. The third-order valence-electron chi connectivity index (χ3n) is 3.39. The van der Waals surface area contributed by atoms with E-state index in [-0.39, 0.29) is 18.4 Å². The number of amides is 2. The molecule has 1 aromatic heterocycles. The van der Waals surface area contributed by atoms with Gasteiger partial charge in [0, 0.05) is 31.6 Å². The third-order valence-corrected chi connectivity index (χ3v) is 4.74. The van der Waals surface area contributed by atoms with Gasteiger partial charge in [-0.05, 0) is 17.9 Å². The van der Waals surface area contributed by atoms with E-state index < -0.39 is 10.0 Å². The standard InChI is InChI=1S/C13H19N3O4S2/c1-22(19,20)14-9-12(17)15-4-2-5-16(7-6-15)13(18)11-3-8-21-10-11/h3,8,10,14H,2,4-7,9H2,1H3. The molecule has 9 heteroatoms. The second kappa shape index (κ2) is 7.21. The second-order valence-corrected chi connectivity index (χ2v) is 7.74. The van der Waals surface area contributed by atoms with Crippen LogP contribution in [0, 0.1) is 0 Å². The van der Waals surface area contributed by atoms with Gasteiger partial charge >= 0.3 is 0 Å². The van der Waals surface area contributed by atoms with E-state index in [2.05, 4.69) is 4.72 Å². The number of rotatable bonds is 4. The van der Waals surface area contributed by atoms with E-state index in [0.717, 1.165) is 6.26 Å². The molecule has 1 aromatic rings. The first-order valence-electron chi connectivity index (χ1n) is 6.91. The predicted molar refractivity (Wildman–Crippen MR) is 84.3 cm³/mol. The molecule has 2 rings (SSSR count). The van der Waals surface area contributed by atoms with Gasteiger partial charge in [-0.1, -0.05) is 0 Å². The Balaban J connectivity index is 1.89. The molecule has 1 saturated heterocycles. The molecule has 1 aliphatic heterocycles. The molecule has 1 fully saturated rings. The molecular weight excluding hydrogens is 326 g/mol. The lowest BCUT2D eigenvalue weighted by atomic mass is 10.3. The van der Waals surface area contributed by atoms with Crippen LogP contribution in [0.4, 0.5) is 0 Å². The molecule has 1 aliphatic rings. The lowest BCUT2D eigenvalue weighted by molar-refractivity contribution is -0.129. The smallest absolute Gasteiger partial charge is 0.254 e. The Kier molecular flexibility index (Phi) is 5.54. The number of nitrogens with one attached hydrogen (secondary N) is 1. The molecule has 0 saturated carbocycles. The number of carbonyl (C=O) groups is 2. The van der Waals surface area contributed by atoms with Crippen LogP contribution in [0.15, 0.2) is 16.8 Å². The maximum absolute atomic E-state index is 12.3. The van der Waals surface area contributed by atoms with Gasteiger partial charge in [0.15, 0.2) is 0 Å². The molecule has 0 atom stereocenters. The van der Waals surface area contributed by atoms with E-state index in [0.29, 0.717) is 38.2 Å². The summed E-state index contributed by atoms with van der Waals surface area (Å²) in [4.78, 5) is 27.6. The van der Waals surface area contributed by atoms with Gasteiger partial charge in [-0.2, -0.15) is 11.3 Å². The highest BCUT2D eigenvalue weighted by Gasteiger charge is 2.23. The summed E-state index contributed by atoms with van der Waals surface area (Å²) in [5.74, 6) is -0.292. The van der Waals surface area contributed by atoms with E-state index in [1.165, 1.54) is 11.3 Å². The first-order valence-corrected chi connectivity index (χ1v) is 9.74. The fraction of sp³-hybridized carbons (Fsp3) is 0.538. The summed E-state index contributed by atoms with van der Waals surface area (Å²) in [5.41, 5.74) is 0.670. The molecule has 2 amide bonds. The summed E-state index contributed by atoms with van der Waals surface area (Å²) in [6, 6.07) is 1.79. The lowest BCUT2D eigenvalue weighted by Crippen LogP contribution is -2.42. The van der Waals surface area contributed by atoms with Crippen LogP contribution in [-0.2, 0) is 14.8 Å². The molecular formula is C13H19N3O4S2. The Morgan fingerprint density at radius 3 is 2.55 bits per heavy atom. The lowest BCUT2D eigenvalue weighted by Gasteiger charge is -2.22. The highest BCUT2D eigenvalue weighted by molar-refractivity contribution is 7.88. The van der Waals surface area contributed by atoms with Crippen LogP contribution < -0.4 is 4.72 Å². The van der Waals surface area contributed by atoms with Gasteiger partial charge in [-0.3, -0.25) is 9.59 Å². The second-order valence-electron chi connectivity index (χ2n) is 5.13. The minimum Gasteiger partial charge on any atom is -0.340 e. The minimum atomic E-state index is -3.38. The van der Waals surface area contributed by atoms with Crippen LogP contribution >= 0.6 is 11.3 Å². The number of sulfonamides is 1. The molecule has 0 bridgehead atoms. The maximum atomic E-state index is 12.3. The van der Waals surface area contributed by atoms with Crippen molar-refractivity contribution < 1.29 is 18.0 Å². The number of hydrogen-bond acceptors (Lipinski definition) is 5. The topological polar surface area (TPSA) is 86.8 Å². The summed E-state index contributed by atoms with van der Waals surface area (Å²) in [5, 5.41) is 3.67. The zero-order valence-corrected chi connectivity index (χ0v) is 14.0. The van der Waals surface area contributed by atoms with Crippen LogP contribution in [0.5, 0.6) is 0 Å². The Labute approximate surface area is 134 Å². The molecule has 2 heterocycles. The summed E-state index contributed by atoms with van der Waals surface area (Å²) in [7, 11) is -3.38. The van der Waals surface area contributed by atoms with Crippen molar-refractivity contribution >= 4 is 33.2 Å². The Morgan fingerprint density at radius 2 is 1.91 bits per heavy atom. The van der Waals surface area contributed by atoms with Crippen molar-refractivity contribution in [1.82, 2.24) is 14.5 Å². The highest BCUT2D eigenvalue weighted by atomic mass is 32.2. The van der Waals surface area contributed by atoms with E-state index >= 15 is 0 Å². The van der Waals surface area contributed by atoms with E-state index in [1.54, 1.807) is 15.9 Å². The van der Waals surface area contributed by atoms with Crippen molar-refractivity contribution in [3.8, 4) is 0 Å². The highest BCUT2D eigenvalue weighted by Crippen LogP contribution is 2.12. The molecule has 0 unspecified atom stereocenters. The zero-order valence-electron chi connectivity index (χ0n) is 12.3. The Morgan fingerprint density at radius 1 is 1.23 bits per heavy atom. The van der Waals surface area contributed by atoms with Crippen molar-refractivity contribution in [2.24, 2.45) is 0 Å². The number of carbonyl (C=O) groups excluding carboxylic acids is 2. The molecule has 0 aromatic carbocycles. The van der Waals surface area contributed by atoms with Gasteiger partial charge in [-0.25, -0.2) is 13.1 Å². The first kappa shape index (κ1) is 16.9. The molecule has 1 N–H and O–H groups in total. The van der Waals surface area contributed by atoms with Gasteiger partial charge in [0.25, 0.3) is 5.91 Å². The van der Waals surface area contributed by atoms with Crippen LogP contribution in [0.2, 0.25) is 0 Å². The van der Waals surface area contributed by atoms with Crippen molar-refractivity contribution in [2.45, 2.75) is 6.42 Å². The number of thiophene rings is 1. The van der Waals surface area contributed by atoms with Gasteiger partial charge in [0.1, 0.15) is 0 Å². The van der Waals surface area contributed by atoms with Gasteiger partial charge < -0.3 is 9.80 Å². The van der Waals surface area contributed by atoms with E-state index in [9.17, 15) is 18.0 Å². The molecule has 122 valence electrons. The molecule has 0 aliphatic carbocycles. The molecule has 7 nitrogen and oxygen atoms in total. The van der Waals surface area contributed by atoms with Crippen LogP contribution in [-0.4, -0.2) is 69.0 Å². The molecule has 22 heavy (non-hydrogen) atoms. The summed E-state index contributed by atoms with van der Waals surface area (Å²) >= 11 is 1.47. The van der Waals surface area contributed by atoms with Gasteiger partial charge in [-0.15, -0.1) is 0 Å². The van der Waals surface area contributed by atoms with Crippen molar-refractivity contribution in [3.63, 3.8) is 0 Å². The fourth-order valence-electron chi connectivity index (χ4n) is 2.24. The fourth-order valence-corrected chi connectivity index (χ4v) is 3.26. The number of nitrogens with zero attached hydrogens (tertiary/aromatic N) is 2. The normalized spacial score (nSPS) is 16.4. The van der Waals surface area contributed by atoms with Crippen molar-refractivity contribution in [2.75, 3.05) is 39.0 Å². The average molecular weight is 345 g/mol. The molecule has 0 spiro atoms.